The number of thiazole rings is 1. The van der Waals surface area contributed by atoms with Crippen LogP contribution in [0.15, 0.2) is 80.1 Å². The summed E-state index contributed by atoms with van der Waals surface area (Å²) >= 11 is 1.19. The molecule has 1 atom stereocenters. The summed E-state index contributed by atoms with van der Waals surface area (Å²) in [4.78, 5) is 43.2. The third-order valence-corrected chi connectivity index (χ3v) is 7.85. The van der Waals surface area contributed by atoms with Gasteiger partial charge in [0.2, 0.25) is 0 Å². The molecule has 11 nitrogen and oxygen atoms in total. The van der Waals surface area contributed by atoms with E-state index in [-0.39, 0.29) is 23.6 Å². The van der Waals surface area contributed by atoms with Gasteiger partial charge in [0.1, 0.15) is 23.0 Å². The molecule has 1 aliphatic heterocycles. The third kappa shape index (κ3) is 5.73. The average molecular weight is 604 g/mol. The maximum atomic E-state index is 14.0. The first kappa shape index (κ1) is 29.5. The van der Waals surface area contributed by atoms with Gasteiger partial charge in [0, 0.05) is 12.1 Å². The zero-order chi connectivity index (χ0) is 30.7. The van der Waals surface area contributed by atoms with E-state index in [1.165, 1.54) is 35.1 Å². The zero-order valence-corrected chi connectivity index (χ0v) is 24.8. The molecule has 43 heavy (non-hydrogen) atoms. The summed E-state index contributed by atoms with van der Waals surface area (Å²) in [5, 5.41) is 11.2. The van der Waals surface area contributed by atoms with Crippen LogP contribution in [0.2, 0.25) is 0 Å². The molecule has 2 aromatic heterocycles. The molecule has 4 aromatic rings. The van der Waals surface area contributed by atoms with Gasteiger partial charge >= 0.3 is 5.97 Å². The van der Waals surface area contributed by atoms with Crippen LogP contribution in [-0.4, -0.2) is 36.3 Å². The lowest BCUT2D eigenvalue weighted by molar-refractivity contribution is -0.384. The van der Waals surface area contributed by atoms with Crippen molar-refractivity contribution in [1.82, 2.24) is 4.57 Å². The molecule has 0 saturated carbocycles. The first-order valence-electron chi connectivity index (χ1n) is 13.6. The Kier molecular flexibility index (Phi) is 8.58. The Morgan fingerprint density at radius 3 is 2.65 bits per heavy atom. The number of rotatable bonds is 10. The van der Waals surface area contributed by atoms with E-state index in [4.69, 9.17) is 23.6 Å². The van der Waals surface area contributed by atoms with E-state index in [2.05, 4.69) is 0 Å². The van der Waals surface area contributed by atoms with Crippen molar-refractivity contribution >= 4 is 29.1 Å². The highest BCUT2D eigenvalue weighted by Gasteiger charge is 2.34. The fraction of sp³-hybridized carbons (Fsp3) is 0.258. The topological polar surface area (TPSA) is 135 Å². The predicted molar refractivity (Wildman–Crippen MR) is 160 cm³/mol. The minimum atomic E-state index is -0.773. The van der Waals surface area contributed by atoms with Gasteiger partial charge in [0.05, 0.1) is 59.2 Å². The van der Waals surface area contributed by atoms with Crippen LogP contribution in [0.3, 0.4) is 0 Å². The number of carbonyl (C=O) groups is 1. The number of benzene rings is 2. The second kappa shape index (κ2) is 12.5. The lowest BCUT2D eigenvalue weighted by Gasteiger charge is -2.26. The second-order valence-corrected chi connectivity index (χ2v) is 10.5. The average Bonchev–Trinajstić information content (AvgIpc) is 3.60. The van der Waals surface area contributed by atoms with Crippen molar-refractivity contribution in [2.45, 2.75) is 32.7 Å². The number of allylic oxidation sites excluding steroid dienone is 1. The van der Waals surface area contributed by atoms with Crippen molar-refractivity contribution in [3.63, 3.8) is 0 Å². The van der Waals surface area contributed by atoms with Crippen LogP contribution in [0.5, 0.6) is 11.5 Å². The second-order valence-electron chi connectivity index (χ2n) is 9.53. The first-order chi connectivity index (χ1) is 20.8. The molecule has 0 amide bonds. The molecular weight excluding hydrogens is 574 g/mol. The summed E-state index contributed by atoms with van der Waals surface area (Å²) in [7, 11) is 2.97. The van der Waals surface area contributed by atoms with Crippen LogP contribution in [0, 0.1) is 10.1 Å². The Balaban J connectivity index is 1.65. The smallest absolute Gasteiger partial charge is 0.338 e. The highest BCUT2D eigenvalue weighted by Crippen LogP contribution is 2.35. The first-order valence-corrected chi connectivity index (χ1v) is 14.4. The molecule has 5 rings (SSSR count). The number of hydrogen-bond acceptors (Lipinski definition) is 10. The fourth-order valence-electron chi connectivity index (χ4n) is 4.95. The van der Waals surface area contributed by atoms with Crippen LogP contribution in [0.25, 0.3) is 17.4 Å². The number of fused-ring (bicyclic) bond motifs is 1. The van der Waals surface area contributed by atoms with Crippen molar-refractivity contribution < 1.29 is 28.3 Å². The maximum absolute atomic E-state index is 14.0. The van der Waals surface area contributed by atoms with Gasteiger partial charge in [-0.15, -0.1) is 0 Å². The zero-order valence-electron chi connectivity index (χ0n) is 24.0. The third-order valence-electron chi connectivity index (χ3n) is 6.86. The Labute approximate surface area is 250 Å². The molecule has 0 bridgehead atoms. The molecule has 0 aliphatic carbocycles. The number of aromatic nitrogens is 1. The highest BCUT2D eigenvalue weighted by atomic mass is 32.1. The van der Waals surface area contributed by atoms with Crippen LogP contribution in [0.1, 0.15) is 44.1 Å². The van der Waals surface area contributed by atoms with Gasteiger partial charge < -0.3 is 18.6 Å². The number of hydrogen-bond donors (Lipinski definition) is 0. The van der Waals surface area contributed by atoms with Gasteiger partial charge in [-0.2, -0.15) is 0 Å². The number of ether oxygens (including phenoxy) is 3. The summed E-state index contributed by atoms with van der Waals surface area (Å²) in [5.41, 5.74) is 1.65. The molecule has 1 unspecified atom stereocenters. The van der Waals surface area contributed by atoms with Crippen molar-refractivity contribution in [2.75, 3.05) is 20.8 Å². The molecular formula is C31H29N3O8S. The monoisotopic (exact) mass is 603 g/mol. The number of esters is 1. The molecule has 0 spiro atoms. The molecule has 0 saturated heterocycles. The SMILES string of the molecule is CCCC1=C(C(=O)OCC)C(c2cccc(OC)c2)n2c(s/c(=C\c3ccc(-c4ccc([N+](=O)[O-])cc4OC)o3)c2=O)=N1. The summed E-state index contributed by atoms with van der Waals surface area (Å²) < 4.78 is 24.1. The molecule has 222 valence electrons. The minimum Gasteiger partial charge on any atom is -0.497 e. The quantitative estimate of drug-likeness (QED) is 0.144. The Bertz CT molecular complexity index is 1920. The van der Waals surface area contributed by atoms with Gasteiger partial charge in [-0.3, -0.25) is 19.5 Å². The summed E-state index contributed by atoms with van der Waals surface area (Å²) in [6, 6.07) is 14.1. The molecule has 0 radical (unpaired) electrons. The van der Waals surface area contributed by atoms with Gasteiger partial charge in [-0.1, -0.05) is 36.8 Å². The van der Waals surface area contributed by atoms with Crippen LogP contribution < -0.4 is 24.4 Å². The molecule has 12 heteroatoms. The summed E-state index contributed by atoms with van der Waals surface area (Å²) in [5.74, 6) is 1.14. The van der Waals surface area contributed by atoms with Crippen molar-refractivity contribution in [2.24, 2.45) is 4.99 Å². The number of furan rings is 1. The summed E-state index contributed by atoms with van der Waals surface area (Å²) in [6.07, 6.45) is 2.88. The van der Waals surface area contributed by atoms with Crippen molar-refractivity contribution in [3.05, 3.63) is 107 Å². The van der Waals surface area contributed by atoms with E-state index in [0.29, 0.717) is 55.4 Å². The molecule has 0 fully saturated rings. The molecule has 3 heterocycles. The molecule has 0 N–H and O–H groups in total. The van der Waals surface area contributed by atoms with Gasteiger partial charge in [-0.25, -0.2) is 9.79 Å². The van der Waals surface area contributed by atoms with E-state index in [9.17, 15) is 19.7 Å². The van der Waals surface area contributed by atoms with E-state index < -0.39 is 16.9 Å². The van der Waals surface area contributed by atoms with Gasteiger partial charge in [-0.05, 0) is 49.2 Å². The maximum Gasteiger partial charge on any atom is 0.338 e. The van der Waals surface area contributed by atoms with Crippen LogP contribution in [-0.2, 0) is 9.53 Å². The van der Waals surface area contributed by atoms with Gasteiger partial charge in [0.15, 0.2) is 4.80 Å². The number of methoxy groups -OCH3 is 2. The van der Waals surface area contributed by atoms with Crippen molar-refractivity contribution in [3.8, 4) is 22.8 Å². The predicted octanol–water partition coefficient (Wildman–Crippen LogP) is 4.76. The normalized spacial score (nSPS) is 14.7. The number of carbonyl (C=O) groups excluding carboxylic acids is 1. The highest BCUT2D eigenvalue weighted by molar-refractivity contribution is 7.07. The van der Waals surface area contributed by atoms with E-state index >= 15 is 0 Å². The molecule has 2 aromatic carbocycles. The standard InChI is InChI=1S/C31H29N3O8S/c1-5-8-23-27(30(36)41-6-2)28(18-9-7-10-20(15-18)39-3)33-29(35)26(43-31(33)32-23)17-21-12-14-24(42-21)22-13-11-19(34(37)38)16-25(22)40-4/h7,9-17,28H,5-6,8H2,1-4H3/b26-17-. The largest absolute Gasteiger partial charge is 0.497 e. The number of nitro groups is 1. The van der Waals surface area contributed by atoms with E-state index in [0.717, 1.165) is 6.42 Å². The molecule has 1 aliphatic rings. The Morgan fingerprint density at radius 2 is 1.95 bits per heavy atom. The number of non-ortho nitro benzene ring substituents is 1. The number of nitrogens with zero attached hydrogens (tertiary/aromatic N) is 3. The fourth-order valence-corrected chi connectivity index (χ4v) is 5.95. The minimum absolute atomic E-state index is 0.108. The van der Waals surface area contributed by atoms with Crippen LogP contribution >= 0.6 is 11.3 Å². The summed E-state index contributed by atoms with van der Waals surface area (Å²) in [6.45, 7) is 3.91. The Hall–Kier alpha value is -4.97. The van der Waals surface area contributed by atoms with E-state index in [1.807, 2.05) is 19.1 Å². The lowest BCUT2D eigenvalue weighted by atomic mass is 9.94. The Morgan fingerprint density at radius 1 is 1.14 bits per heavy atom. The van der Waals surface area contributed by atoms with E-state index in [1.54, 1.807) is 50.4 Å². The van der Waals surface area contributed by atoms with Crippen LogP contribution in [0.4, 0.5) is 5.69 Å². The lowest BCUT2D eigenvalue weighted by Crippen LogP contribution is -2.40. The van der Waals surface area contributed by atoms with Crippen molar-refractivity contribution in [1.29, 1.82) is 0 Å². The van der Waals surface area contributed by atoms with Gasteiger partial charge in [0.25, 0.3) is 11.2 Å². The number of nitro benzene ring substituents is 1.